The Balaban J connectivity index is 3.00. The average molecular weight is 244 g/mol. The molecule has 0 unspecified atom stereocenters. The highest BCUT2D eigenvalue weighted by Crippen LogP contribution is 2.19. The van der Waals surface area contributed by atoms with Gasteiger partial charge in [0.1, 0.15) is 6.54 Å². The molecule has 0 aliphatic carbocycles. The van der Waals surface area contributed by atoms with Gasteiger partial charge in [-0.1, -0.05) is 17.7 Å². The Bertz CT molecular complexity index is 408. The third-order valence-electron chi connectivity index (χ3n) is 1.81. The fourth-order valence-electron chi connectivity index (χ4n) is 1.15. The van der Waals surface area contributed by atoms with Gasteiger partial charge < -0.3 is 9.84 Å². The maximum atomic E-state index is 11.4. The van der Waals surface area contributed by atoms with Crippen LogP contribution in [0, 0.1) is 0 Å². The van der Waals surface area contributed by atoms with Crippen LogP contribution in [-0.4, -0.2) is 30.8 Å². The van der Waals surface area contributed by atoms with Crippen molar-refractivity contribution in [2.45, 2.75) is 0 Å². The van der Waals surface area contributed by atoms with Gasteiger partial charge in [0.25, 0.3) is 0 Å². The summed E-state index contributed by atoms with van der Waals surface area (Å²) >= 11 is 5.75. The van der Waals surface area contributed by atoms with Crippen LogP contribution in [0.3, 0.4) is 0 Å². The van der Waals surface area contributed by atoms with E-state index >= 15 is 0 Å². The number of nitrogens with zero attached hydrogens (tertiary/aromatic N) is 1. The molecule has 16 heavy (non-hydrogen) atoms. The first-order valence-electron chi connectivity index (χ1n) is 4.37. The molecule has 0 saturated heterocycles. The minimum atomic E-state index is -1.13. The molecule has 0 spiro atoms. The number of rotatable bonds is 3. The second kappa shape index (κ2) is 5.37. The summed E-state index contributed by atoms with van der Waals surface area (Å²) in [4.78, 5) is 22.9. The van der Waals surface area contributed by atoms with E-state index in [2.05, 4.69) is 4.74 Å². The highest BCUT2D eigenvalue weighted by molar-refractivity contribution is 6.30. The van der Waals surface area contributed by atoms with Gasteiger partial charge in [0, 0.05) is 10.7 Å². The van der Waals surface area contributed by atoms with Crippen molar-refractivity contribution in [3.63, 3.8) is 0 Å². The van der Waals surface area contributed by atoms with Crippen molar-refractivity contribution >= 4 is 29.4 Å². The van der Waals surface area contributed by atoms with E-state index in [9.17, 15) is 9.59 Å². The van der Waals surface area contributed by atoms with Crippen molar-refractivity contribution in [1.29, 1.82) is 0 Å². The molecule has 0 atom stereocenters. The molecular weight excluding hydrogens is 234 g/mol. The highest BCUT2D eigenvalue weighted by Gasteiger charge is 2.19. The van der Waals surface area contributed by atoms with Crippen molar-refractivity contribution < 1.29 is 19.4 Å². The van der Waals surface area contributed by atoms with Gasteiger partial charge in [-0.15, -0.1) is 0 Å². The van der Waals surface area contributed by atoms with Gasteiger partial charge in [0.05, 0.1) is 7.11 Å². The van der Waals surface area contributed by atoms with Crippen molar-refractivity contribution in [3.05, 3.63) is 29.3 Å². The summed E-state index contributed by atoms with van der Waals surface area (Å²) in [5.41, 5.74) is 0.377. The van der Waals surface area contributed by atoms with Crippen LogP contribution in [0.1, 0.15) is 0 Å². The summed E-state index contributed by atoms with van der Waals surface area (Å²) in [6.07, 6.45) is -0.746. The van der Waals surface area contributed by atoms with Gasteiger partial charge >= 0.3 is 12.1 Å². The molecule has 1 aromatic rings. The molecule has 1 rings (SSSR count). The molecule has 0 heterocycles. The van der Waals surface area contributed by atoms with Crippen LogP contribution in [0.5, 0.6) is 0 Å². The van der Waals surface area contributed by atoms with Crippen LogP contribution in [0.2, 0.25) is 5.02 Å². The molecule has 0 fully saturated rings. The van der Waals surface area contributed by atoms with Crippen LogP contribution in [0.15, 0.2) is 24.3 Å². The zero-order valence-corrected chi connectivity index (χ0v) is 9.27. The number of carbonyl (C=O) groups is 2. The Morgan fingerprint density at radius 3 is 2.69 bits per heavy atom. The second-order valence-electron chi connectivity index (χ2n) is 2.93. The van der Waals surface area contributed by atoms with E-state index in [1.807, 2.05) is 0 Å². The second-order valence-corrected chi connectivity index (χ2v) is 3.37. The van der Waals surface area contributed by atoms with E-state index in [4.69, 9.17) is 16.7 Å². The summed E-state index contributed by atoms with van der Waals surface area (Å²) < 4.78 is 4.49. The number of halogens is 1. The molecule has 1 amide bonds. The molecule has 0 aliphatic heterocycles. The number of hydrogen-bond donors (Lipinski definition) is 1. The van der Waals surface area contributed by atoms with Crippen molar-refractivity contribution in [2.75, 3.05) is 18.6 Å². The van der Waals surface area contributed by atoms with Gasteiger partial charge in [-0.3, -0.25) is 9.69 Å². The van der Waals surface area contributed by atoms with Crippen molar-refractivity contribution in [2.24, 2.45) is 0 Å². The van der Waals surface area contributed by atoms with Crippen LogP contribution < -0.4 is 4.90 Å². The van der Waals surface area contributed by atoms with Crippen LogP contribution in [0.25, 0.3) is 0 Å². The van der Waals surface area contributed by atoms with E-state index < -0.39 is 18.6 Å². The molecule has 0 bridgehead atoms. The molecule has 86 valence electrons. The first kappa shape index (κ1) is 12.3. The zero-order valence-electron chi connectivity index (χ0n) is 8.51. The quantitative estimate of drug-likeness (QED) is 0.882. The number of carbonyl (C=O) groups excluding carboxylic acids is 1. The molecule has 0 aliphatic rings. The van der Waals surface area contributed by atoms with E-state index in [1.165, 1.54) is 13.2 Å². The fraction of sp³-hybridized carbons (Fsp3) is 0.200. The zero-order chi connectivity index (χ0) is 12.1. The molecule has 1 N–H and O–H groups in total. The Morgan fingerprint density at radius 1 is 1.50 bits per heavy atom. The fourth-order valence-corrected chi connectivity index (χ4v) is 1.34. The Morgan fingerprint density at radius 2 is 2.19 bits per heavy atom. The molecule has 0 radical (unpaired) electrons. The topological polar surface area (TPSA) is 66.8 Å². The van der Waals surface area contributed by atoms with E-state index in [-0.39, 0.29) is 0 Å². The minimum Gasteiger partial charge on any atom is -0.480 e. The first-order valence-corrected chi connectivity index (χ1v) is 4.75. The number of anilines is 1. The third-order valence-corrected chi connectivity index (χ3v) is 2.04. The number of carboxylic acid groups (broad SMARTS) is 1. The summed E-state index contributed by atoms with van der Waals surface area (Å²) in [5, 5.41) is 9.09. The van der Waals surface area contributed by atoms with E-state index in [1.54, 1.807) is 18.2 Å². The largest absolute Gasteiger partial charge is 0.480 e. The van der Waals surface area contributed by atoms with Crippen molar-refractivity contribution in [3.8, 4) is 0 Å². The van der Waals surface area contributed by atoms with Gasteiger partial charge in [0.15, 0.2) is 0 Å². The van der Waals surface area contributed by atoms with Crippen LogP contribution >= 0.6 is 11.6 Å². The van der Waals surface area contributed by atoms with Crippen LogP contribution in [-0.2, 0) is 9.53 Å². The molecule has 1 aromatic carbocycles. The standard InChI is InChI=1S/C10H10ClNO4/c1-16-10(15)12(6-9(13)14)8-4-2-3-7(11)5-8/h2-5H,6H2,1H3,(H,13,14). The number of aliphatic carboxylic acids is 1. The predicted octanol–water partition coefficient (Wildman–Crippen LogP) is 2.00. The smallest absolute Gasteiger partial charge is 0.414 e. The van der Waals surface area contributed by atoms with E-state index in [0.717, 1.165) is 4.90 Å². The predicted molar refractivity (Wildman–Crippen MR) is 58.8 cm³/mol. The molecule has 5 nitrogen and oxygen atoms in total. The Hall–Kier alpha value is -1.75. The molecule has 0 aromatic heterocycles. The van der Waals surface area contributed by atoms with Crippen molar-refractivity contribution in [1.82, 2.24) is 0 Å². The highest BCUT2D eigenvalue weighted by atomic mass is 35.5. The number of benzene rings is 1. The number of methoxy groups -OCH3 is 1. The van der Waals surface area contributed by atoms with Gasteiger partial charge in [-0.05, 0) is 18.2 Å². The number of amides is 1. The summed E-state index contributed by atoms with van der Waals surface area (Å²) in [6, 6.07) is 6.31. The summed E-state index contributed by atoms with van der Waals surface area (Å²) in [5.74, 6) is -1.13. The summed E-state index contributed by atoms with van der Waals surface area (Å²) in [6.45, 7) is -0.479. The molecular formula is C10H10ClNO4. The number of ether oxygens (including phenoxy) is 1. The molecule has 0 saturated carbocycles. The van der Waals surface area contributed by atoms with E-state index in [0.29, 0.717) is 10.7 Å². The first-order chi connectivity index (χ1) is 7.54. The number of hydrogen-bond acceptors (Lipinski definition) is 3. The lowest BCUT2D eigenvalue weighted by Crippen LogP contribution is -2.35. The number of carboxylic acids is 1. The normalized spacial score (nSPS) is 9.62. The average Bonchev–Trinajstić information content (AvgIpc) is 2.24. The lowest BCUT2D eigenvalue weighted by molar-refractivity contribution is -0.135. The van der Waals surface area contributed by atoms with Gasteiger partial charge in [-0.25, -0.2) is 4.79 Å². The van der Waals surface area contributed by atoms with Gasteiger partial charge in [-0.2, -0.15) is 0 Å². The maximum Gasteiger partial charge on any atom is 0.414 e. The lowest BCUT2D eigenvalue weighted by Gasteiger charge is -2.19. The SMILES string of the molecule is COC(=O)N(CC(=O)O)c1cccc(Cl)c1. The monoisotopic (exact) mass is 243 g/mol. The lowest BCUT2D eigenvalue weighted by atomic mass is 10.3. The van der Waals surface area contributed by atoms with Gasteiger partial charge in [0.2, 0.25) is 0 Å². The molecule has 6 heteroatoms. The Labute approximate surface area is 97.2 Å². The summed E-state index contributed by atoms with van der Waals surface area (Å²) in [7, 11) is 1.18. The van der Waals surface area contributed by atoms with Crippen LogP contribution in [0.4, 0.5) is 10.5 Å². The Kier molecular flexibility index (Phi) is 4.13. The third kappa shape index (κ3) is 3.13. The maximum absolute atomic E-state index is 11.4. The minimum absolute atomic E-state index is 0.377.